The second-order valence-corrected chi connectivity index (χ2v) is 4.39. The maximum absolute atomic E-state index is 12.2. The first-order chi connectivity index (χ1) is 8.54. The Morgan fingerprint density at radius 3 is 1.95 bits per heavy atom. The van der Waals surface area contributed by atoms with Gasteiger partial charge in [0.05, 0.1) is 0 Å². The topological polar surface area (TPSA) is 29.1 Å². The lowest BCUT2D eigenvalue weighted by Crippen LogP contribution is -2.48. The number of hydrogen-bond donors (Lipinski definition) is 1. The first kappa shape index (κ1) is 18.3. The molecule has 0 fully saturated rings. The molecule has 0 heterocycles. The summed E-state index contributed by atoms with van der Waals surface area (Å²) in [6.07, 6.45) is -10.4. The summed E-state index contributed by atoms with van der Waals surface area (Å²) >= 11 is 5.43. The minimum atomic E-state index is -5.66. The van der Waals surface area contributed by atoms with Crippen molar-refractivity contribution in [1.82, 2.24) is 5.32 Å². The lowest BCUT2D eigenvalue weighted by molar-refractivity contribution is -0.274. The fourth-order valence-electron chi connectivity index (χ4n) is 1.43. The highest BCUT2D eigenvalue weighted by molar-refractivity contribution is 6.17. The average Bonchev–Trinajstić information content (AvgIpc) is 2.19. The van der Waals surface area contributed by atoms with Gasteiger partial charge in [-0.05, 0) is 12.3 Å². The van der Waals surface area contributed by atoms with Crippen LogP contribution in [0, 0.1) is 11.8 Å². The van der Waals surface area contributed by atoms with E-state index in [1.807, 2.05) is 0 Å². The van der Waals surface area contributed by atoms with E-state index in [1.54, 1.807) is 12.2 Å². The van der Waals surface area contributed by atoms with E-state index in [0.717, 1.165) is 0 Å². The summed E-state index contributed by atoms with van der Waals surface area (Å²) in [5.74, 6) is -6.10. The minimum Gasteiger partial charge on any atom is -0.355 e. The molecule has 0 bridgehead atoms. The zero-order valence-electron chi connectivity index (χ0n) is 10.0. The molecule has 0 aromatic heterocycles. The van der Waals surface area contributed by atoms with Gasteiger partial charge in [0.1, 0.15) is 0 Å². The van der Waals surface area contributed by atoms with Gasteiger partial charge < -0.3 is 5.32 Å². The molecule has 1 N–H and O–H groups in total. The first-order valence-corrected chi connectivity index (χ1v) is 6.04. The molecule has 114 valence electrons. The summed E-state index contributed by atoms with van der Waals surface area (Å²) in [5.41, 5.74) is 0. The molecule has 0 radical (unpaired) electrons. The molecule has 1 unspecified atom stereocenters. The third-order valence-corrected chi connectivity index (χ3v) is 2.79. The second kappa shape index (κ2) is 7.21. The lowest BCUT2D eigenvalue weighted by atomic mass is 10.0. The average molecular weight is 314 g/mol. The summed E-state index contributed by atoms with van der Waals surface area (Å²) in [6, 6.07) is 0. The third kappa shape index (κ3) is 6.35. The summed E-state index contributed by atoms with van der Waals surface area (Å²) in [5, 5.41) is 1.69. The van der Waals surface area contributed by atoms with Gasteiger partial charge in [0.2, 0.25) is 11.8 Å². The van der Waals surface area contributed by atoms with Crippen molar-refractivity contribution in [2.45, 2.75) is 32.1 Å². The lowest BCUT2D eigenvalue weighted by Gasteiger charge is -2.23. The van der Waals surface area contributed by atoms with Gasteiger partial charge in [-0.25, -0.2) is 0 Å². The van der Waals surface area contributed by atoms with E-state index >= 15 is 0 Å². The normalized spacial score (nSPS) is 14.6. The Morgan fingerprint density at radius 1 is 1.16 bits per heavy atom. The monoisotopic (exact) mass is 313 g/mol. The zero-order valence-corrected chi connectivity index (χ0v) is 10.8. The highest BCUT2D eigenvalue weighted by Gasteiger charge is 2.61. The van der Waals surface area contributed by atoms with Crippen LogP contribution in [0.15, 0.2) is 0 Å². The van der Waals surface area contributed by atoms with E-state index in [1.165, 1.54) is 0 Å². The molecular weight excluding hydrogens is 300 g/mol. The molecule has 0 aliphatic heterocycles. The standard InChI is InChI=1S/C10H14ClF6NO/c1-2-6(3-4-11)5-18-8(19)7(9(12,13)14)10(15,16)17/h6-7H,2-5H2,1H3,(H,18,19). The number of alkyl halides is 7. The van der Waals surface area contributed by atoms with Crippen molar-refractivity contribution in [3.8, 4) is 0 Å². The molecule has 1 amide bonds. The van der Waals surface area contributed by atoms with Gasteiger partial charge in [-0.3, -0.25) is 4.79 Å². The number of amides is 1. The van der Waals surface area contributed by atoms with Crippen LogP contribution < -0.4 is 5.32 Å². The second-order valence-electron chi connectivity index (χ2n) is 4.01. The van der Waals surface area contributed by atoms with E-state index in [9.17, 15) is 31.1 Å². The van der Waals surface area contributed by atoms with Gasteiger partial charge in [-0.1, -0.05) is 13.3 Å². The number of carbonyl (C=O) groups excluding carboxylic acids is 1. The minimum absolute atomic E-state index is 0.219. The quantitative estimate of drug-likeness (QED) is 0.590. The summed E-state index contributed by atoms with van der Waals surface area (Å²) < 4.78 is 73.3. The molecule has 9 heteroatoms. The molecule has 0 saturated carbocycles. The molecule has 0 aromatic rings. The van der Waals surface area contributed by atoms with Gasteiger partial charge in [0.25, 0.3) is 0 Å². The van der Waals surface area contributed by atoms with Gasteiger partial charge in [0, 0.05) is 12.4 Å². The molecular formula is C10H14ClF6NO. The van der Waals surface area contributed by atoms with E-state index in [-0.39, 0.29) is 18.3 Å². The number of nitrogens with one attached hydrogen (secondary N) is 1. The number of hydrogen-bond acceptors (Lipinski definition) is 1. The van der Waals surface area contributed by atoms with Crippen LogP contribution in [0.3, 0.4) is 0 Å². The van der Waals surface area contributed by atoms with Crippen molar-refractivity contribution in [1.29, 1.82) is 0 Å². The van der Waals surface area contributed by atoms with Crippen LogP contribution >= 0.6 is 11.6 Å². The Balaban J connectivity index is 4.68. The van der Waals surface area contributed by atoms with Crippen molar-refractivity contribution >= 4 is 17.5 Å². The predicted molar refractivity (Wildman–Crippen MR) is 57.7 cm³/mol. The molecule has 0 spiro atoms. The van der Waals surface area contributed by atoms with E-state index in [2.05, 4.69) is 0 Å². The van der Waals surface area contributed by atoms with Crippen LogP contribution in [0.5, 0.6) is 0 Å². The Bertz CT molecular complexity index is 277. The summed E-state index contributed by atoms with van der Waals surface area (Å²) in [7, 11) is 0. The Kier molecular flexibility index (Phi) is 6.96. The van der Waals surface area contributed by atoms with E-state index < -0.39 is 24.2 Å². The third-order valence-electron chi connectivity index (χ3n) is 2.58. The predicted octanol–water partition coefficient (Wildman–Crippen LogP) is 3.50. The Labute approximate surface area is 111 Å². The largest absolute Gasteiger partial charge is 0.409 e. The Morgan fingerprint density at radius 2 is 1.63 bits per heavy atom. The fourth-order valence-corrected chi connectivity index (χ4v) is 1.74. The molecule has 0 aliphatic carbocycles. The number of carbonyl (C=O) groups is 1. The van der Waals surface area contributed by atoms with Crippen molar-refractivity contribution in [2.24, 2.45) is 11.8 Å². The van der Waals surface area contributed by atoms with Gasteiger partial charge >= 0.3 is 12.4 Å². The molecule has 0 aromatic carbocycles. The summed E-state index contributed by atoms with van der Waals surface area (Å²) in [6.45, 7) is 1.44. The van der Waals surface area contributed by atoms with Gasteiger partial charge in [0.15, 0.2) is 0 Å². The maximum Gasteiger partial charge on any atom is 0.409 e. The zero-order chi connectivity index (χ0) is 15.3. The number of halogens is 7. The maximum atomic E-state index is 12.2. The number of rotatable bonds is 6. The molecule has 0 saturated heterocycles. The fraction of sp³-hybridized carbons (Fsp3) is 0.900. The SMILES string of the molecule is CCC(CCCl)CNC(=O)C(C(F)(F)F)C(F)(F)F. The highest BCUT2D eigenvalue weighted by atomic mass is 35.5. The first-order valence-electron chi connectivity index (χ1n) is 5.51. The van der Waals surface area contributed by atoms with Crippen molar-refractivity contribution < 1.29 is 31.1 Å². The van der Waals surface area contributed by atoms with Crippen LogP contribution in [-0.4, -0.2) is 30.7 Å². The highest BCUT2D eigenvalue weighted by Crippen LogP contribution is 2.39. The van der Waals surface area contributed by atoms with Crippen LogP contribution in [0.25, 0.3) is 0 Å². The van der Waals surface area contributed by atoms with E-state index in [0.29, 0.717) is 12.8 Å². The molecule has 2 nitrogen and oxygen atoms in total. The Hall–Kier alpha value is -0.660. The van der Waals surface area contributed by atoms with Crippen molar-refractivity contribution in [2.75, 3.05) is 12.4 Å². The van der Waals surface area contributed by atoms with Crippen LogP contribution in [-0.2, 0) is 4.79 Å². The van der Waals surface area contributed by atoms with Gasteiger partial charge in [-0.2, -0.15) is 26.3 Å². The van der Waals surface area contributed by atoms with Crippen LogP contribution in [0.4, 0.5) is 26.3 Å². The van der Waals surface area contributed by atoms with E-state index in [4.69, 9.17) is 11.6 Å². The molecule has 0 rings (SSSR count). The van der Waals surface area contributed by atoms with Crippen LogP contribution in [0.1, 0.15) is 19.8 Å². The van der Waals surface area contributed by atoms with Gasteiger partial charge in [-0.15, -0.1) is 11.6 Å². The smallest absolute Gasteiger partial charge is 0.355 e. The van der Waals surface area contributed by atoms with Crippen LogP contribution in [0.2, 0.25) is 0 Å². The molecule has 0 aliphatic rings. The molecule has 19 heavy (non-hydrogen) atoms. The van der Waals surface area contributed by atoms with Crippen molar-refractivity contribution in [3.05, 3.63) is 0 Å². The summed E-state index contributed by atoms with van der Waals surface area (Å²) in [4.78, 5) is 11.1. The van der Waals surface area contributed by atoms with Crippen molar-refractivity contribution in [3.63, 3.8) is 0 Å². The molecule has 1 atom stereocenters.